The number of para-hydroxylation sites is 2. The number of hydrogen-bond acceptors (Lipinski definition) is 3. The van der Waals surface area contributed by atoms with Gasteiger partial charge in [0.25, 0.3) is 17.5 Å². The van der Waals surface area contributed by atoms with Crippen molar-refractivity contribution in [2.75, 3.05) is 0 Å². The third-order valence-corrected chi connectivity index (χ3v) is 22.3. The van der Waals surface area contributed by atoms with Gasteiger partial charge in [-0.3, -0.25) is 4.79 Å². The van der Waals surface area contributed by atoms with E-state index in [1.165, 1.54) is 175 Å². The predicted octanol–water partition coefficient (Wildman–Crippen LogP) is 21.8. The van der Waals surface area contributed by atoms with E-state index in [-0.39, 0.29) is 91.2 Å². The molecule has 23 rings (SSSR count). The summed E-state index contributed by atoms with van der Waals surface area (Å²) in [7, 11) is 0. The minimum atomic E-state index is -0.411. The molecule has 0 spiro atoms. The van der Waals surface area contributed by atoms with Crippen LogP contribution in [0.2, 0.25) is 0 Å². The van der Waals surface area contributed by atoms with Crippen molar-refractivity contribution in [3.8, 4) is 85.0 Å². The Morgan fingerprint density at radius 2 is 1.10 bits per heavy atom. The third-order valence-electron chi connectivity index (χ3n) is 22.3. The fraction of sp³-hybridized carbons (Fsp3) is 0.115. The third kappa shape index (κ3) is 13.8. The van der Waals surface area contributed by atoms with E-state index in [9.17, 15) is 4.79 Å². The summed E-state index contributed by atoms with van der Waals surface area (Å²) >= 11 is 0. The van der Waals surface area contributed by atoms with Crippen molar-refractivity contribution in [3.63, 3.8) is 0 Å². The van der Waals surface area contributed by atoms with Crippen LogP contribution in [0.5, 0.6) is 0 Å². The van der Waals surface area contributed by atoms with Crippen LogP contribution in [0.1, 0.15) is 88.7 Å². The van der Waals surface area contributed by atoms with Gasteiger partial charge in [-0.05, 0) is 157 Å². The molecule has 5 aliphatic rings. The second-order valence-electron chi connectivity index (χ2n) is 30.0. The van der Waals surface area contributed by atoms with Crippen LogP contribution < -0.4 is 18.3 Å². The normalized spacial score (nSPS) is 13.6. The quantitative estimate of drug-likeness (QED) is 0.0807. The molecule has 9 heterocycles. The predicted molar refractivity (Wildman–Crippen MR) is 460 cm³/mol. The standard InChI is InChI=1S/C25H23N2.C24H17N2.C20H15N2.C18H14N.C12H10N.C5H8O2.Ir/c1-17-11-13-21(14-12-17)27-23(24-18(2)7-6-8-19(24)3)16-26-15-20-9-4-5-10-22(20)25(26)27;1-3-11-19-17(8-1)10-7-15-21(19)26-23-14-6-5-13-22(23)25-16-18-9-2-4-12-20(18)24(25)26;1-3-9-17-15(6-1)8-5-11-19(17)22-13-12-21-14-16-7-2-4-10-18(16)20(21)22;1-18(2)14-8-4-3-7-13(14)17-16-12(10-11-19-17)6-5-9-15(16)18;1-2-6-11-10(5-1)9-13-8-4-3-7-12(11)13;1-4(6)3-5(2)7;/h4-14,16H,15H2,1-3H3;1-15H,16H2;1-13H,14H2;3-6,8-11H,1-2H3;1-8H,9H2;3,6H,1-2H3;/q3*+1;-1;+1;;/i;;;;1D,2D,3D,4D,5D,6D,7D,8D;;. The number of pyridine rings is 2. The van der Waals surface area contributed by atoms with Gasteiger partial charge in [0.2, 0.25) is 5.69 Å². The molecular weight excluding hydrogens is 1590 g/mol. The number of ketones is 1. The van der Waals surface area contributed by atoms with Gasteiger partial charge in [-0.15, -0.1) is 35.4 Å². The zero-order valence-electron chi connectivity index (χ0n) is 72.9. The van der Waals surface area contributed by atoms with E-state index in [2.05, 4.69) is 353 Å². The molecule has 0 bridgehead atoms. The number of aliphatic hydroxyl groups is 1. The SMILES string of the molecule is CC(=O)C=C(C)O.CC1(C)c2ccc[c-]c2-c2nccc3cccc1c23.Cc1ccc(-n2c(-c3c(C)cccc3C)c[n+]3c2-c2ccccc2C3)cc1.[2H]c1c([2H])c([2H])c2c(c1[2H])C[n+]1c([2H])c([2H])c([2H])c([2H])c1-2.[Ir].c1ccc2c(c1)C[n+]1c-2n(-c2cccc3ccccc23)c2ccccc21.c1ccc2c(c1)C[n+]1ccn(-c3cccc4ccccc34)c1-2. The molecule has 11 heteroatoms. The number of aromatic nitrogens is 8. The van der Waals surface area contributed by atoms with Crippen LogP contribution in [0.4, 0.5) is 0 Å². The fourth-order valence-electron chi connectivity index (χ4n) is 17.2. The molecule has 4 aliphatic heterocycles. The Labute approximate surface area is 696 Å². The molecule has 0 unspecified atom stereocenters. The molecule has 0 fully saturated rings. The van der Waals surface area contributed by atoms with Gasteiger partial charge in [0.15, 0.2) is 35.2 Å². The van der Waals surface area contributed by atoms with E-state index in [0.717, 1.165) is 30.9 Å². The largest absolute Gasteiger partial charge is 0.512 e. The molecule has 1 radical (unpaired) electrons. The Morgan fingerprint density at radius 1 is 0.522 bits per heavy atom. The minimum absolute atomic E-state index is 0. The molecule has 0 atom stereocenters. The van der Waals surface area contributed by atoms with Crippen LogP contribution in [0.3, 0.4) is 0 Å². The number of benzene rings is 13. The van der Waals surface area contributed by atoms with Crippen LogP contribution in [-0.2, 0) is 56.5 Å². The summed E-state index contributed by atoms with van der Waals surface area (Å²) in [5, 5.41) is 16.0. The number of aliphatic hydroxyl groups excluding tert-OH is 1. The first-order chi connectivity index (χ1) is 59.1. The van der Waals surface area contributed by atoms with Gasteiger partial charge in [-0.2, -0.15) is 18.3 Å². The molecule has 13 aromatic carbocycles. The summed E-state index contributed by atoms with van der Waals surface area (Å²) in [5.74, 6) is 3.75. The van der Waals surface area contributed by atoms with E-state index in [1.807, 2.05) is 12.3 Å². The Morgan fingerprint density at radius 3 is 1.81 bits per heavy atom. The fourth-order valence-corrected chi connectivity index (χ4v) is 17.2. The number of carbonyl (C=O) groups excluding carboxylic acids is 1. The van der Waals surface area contributed by atoms with E-state index >= 15 is 0 Å². The van der Waals surface area contributed by atoms with Crippen molar-refractivity contribution in [2.24, 2.45) is 0 Å². The van der Waals surface area contributed by atoms with Crippen molar-refractivity contribution >= 4 is 49.1 Å². The van der Waals surface area contributed by atoms with E-state index in [4.69, 9.17) is 16.1 Å². The summed E-state index contributed by atoms with van der Waals surface area (Å²) in [6.07, 6.45) is 9.47. The van der Waals surface area contributed by atoms with Crippen molar-refractivity contribution in [1.82, 2.24) is 18.7 Å². The summed E-state index contributed by atoms with van der Waals surface area (Å²) < 4.78 is 78.2. The average Bonchev–Trinajstić information content (AvgIpc) is 1.65. The first kappa shape index (κ1) is 65.3. The number of imidazole rings is 3. The molecule has 561 valence electrons. The number of hydrogen-bond donors (Lipinski definition) is 1. The minimum Gasteiger partial charge on any atom is -0.512 e. The van der Waals surface area contributed by atoms with Gasteiger partial charge >= 0.3 is 0 Å². The van der Waals surface area contributed by atoms with E-state index in [1.54, 1.807) is 0 Å². The maximum Gasteiger partial charge on any atom is 0.295 e. The molecule has 1 aliphatic carbocycles. The van der Waals surface area contributed by atoms with Crippen molar-refractivity contribution in [2.45, 2.75) is 80.1 Å². The number of fused-ring (bicyclic) bond motifs is 18. The van der Waals surface area contributed by atoms with Crippen molar-refractivity contribution < 1.29 is 59.2 Å². The summed E-state index contributed by atoms with van der Waals surface area (Å²) in [4.78, 5) is 14.6. The maximum absolute atomic E-state index is 10.0. The zero-order chi connectivity index (χ0) is 84.7. The van der Waals surface area contributed by atoms with Gasteiger partial charge in [-0.1, -0.05) is 226 Å². The van der Waals surface area contributed by atoms with E-state index in [0.29, 0.717) is 5.56 Å². The molecule has 5 aromatic heterocycles. The van der Waals surface area contributed by atoms with Gasteiger partial charge in [-0.25, -0.2) is 13.7 Å². The van der Waals surface area contributed by atoms with Gasteiger partial charge < -0.3 is 10.1 Å². The molecule has 10 nitrogen and oxygen atoms in total. The molecule has 0 saturated carbocycles. The summed E-state index contributed by atoms with van der Waals surface area (Å²) in [5.41, 5.74) is 26.4. The topological polar surface area (TPSA) is 80.5 Å². The maximum atomic E-state index is 10.0. The van der Waals surface area contributed by atoms with Gasteiger partial charge in [0.1, 0.15) is 56.7 Å². The van der Waals surface area contributed by atoms with Crippen LogP contribution in [0.25, 0.3) is 128 Å². The van der Waals surface area contributed by atoms with Crippen LogP contribution in [0, 0.1) is 26.8 Å². The Balaban J connectivity index is 0.000000107. The molecule has 0 saturated heterocycles. The summed E-state index contributed by atoms with van der Waals surface area (Å²) in [6, 6.07) is 96.5. The average molecular weight is 1680 g/mol. The first-order valence-electron chi connectivity index (χ1n) is 42.6. The smallest absolute Gasteiger partial charge is 0.295 e. The van der Waals surface area contributed by atoms with E-state index < -0.39 is 12.1 Å². The molecule has 0 amide bonds. The molecule has 115 heavy (non-hydrogen) atoms. The van der Waals surface area contributed by atoms with Gasteiger partial charge in [0.05, 0.1) is 37.6 Å². The van der Waals surface area contributed by atoms with Crippen LogP contribution in [0.15, 0.2) is 352 Å². The molecular formula is C104H87IrN8O2+3. The van der Waals surface area contributed by atoms with Crippen molar-refractivity contribution in [3.05, 3.63) is 408 Å². The Bertz CT molecular complexity index is 7240. The number of aryl methyl sites for hydroxylation is 3. The summed E-state index contributed by atoms with van der Waals surface area (Å²) in [6.45, 7) is 16.8. The number of allylic oxidation sites excluding steroid dienone is 2. The molecule has 1 N–H and O–H groups in total. The Hall–Kier alpha value is -13.3. The second kappa shape index (κ2) is 31.3. The van der Waals surface area contributed by atoms with Crippen LogP contribution >= 0.6 is 0 Å². The number of carbonyl (C=O) groups is 1. The van der Waals surface area contributed by atoms with Crippen molar-refractivity contribution in [1.29, 1.82) is 0 Å². The van der Waals surface area contributed by atoms with Crippen LogP contribution in [-0.4, -0.2) is 29.6 Å². The first-order valence-corrected chi connectivity index (χ1v) is 38.6. The zero-order valence-corrected chi connectivity index (χ0v) is 67.3. The number of rotatable bonds is 5. The number of nitrogens with zero attached hydrogens (tertiary/aromatic N) is 8. The second-order valence-corrected chi connectivity index (χ2v) is 30.0. The molecule has 18 aromatic rings. The van der Waals surface area contributed by atoms with Gasteiger partial charge in [0, 0.05) is 83.1 Å². The monoisotopic (exact) mass is 1680 g/mol. The Kier molecular flexibility index (Phi) is 17.8.